The summed E-state index contributed by atoms with van der Waals surface area (Å²) in [5.41, 5.74) is 2.44. The molecule has 4 rings (SSSR count). The van der Waals surface area contributed by atoms with Crippen molar-refractivity contribution in [2.75, 3.05) is 11.9 Å². The largest absolute Gasteiger partial charge is 0.387 e. The number of aromatic nitrogens is 2. The van der Waals surface area contributed by atoms with Crippen LogP contribution in [0.15, 0.2) is 48.8 Å². The summed E-state index contributed by atoms with van der Waals surface area (Å²) in [7, 11) is 0. The molecule has 0 bridgehead atoms. The van der Waals surface area contributed by atoms with Gasteiger partial charge in [0.25, 0.3) is 5.91 Å². The number of fused-ring (bicyclic) bond motifs is 1. The first-order chi connectivity index (χ1) is 14.8. The standard InChI is InChI=1S/C24H29FN4O2/c1-24(2,31)21(25)14-26-23(30)19-13-27-29-15-17(16-8-4-3-5-9-16)12-20(29)22(19)28-18-10-6-7-11-18/h3-5,8-9,12-13,15,18,21,28,31H,6-7,10-11,14H2,1-2H3,(H,26,30)/t21-/m1/s1. The lowest BCUT2D eigenvalue weighted by molar-refractivity contribution is -0.00177. The van der Waals surface area contributed by atoms with E-state index in [0.29, 0.717) is 11.3 Å². The van der Waals surface area contributed by atoms with E-state index >= 15 is 0 Å². The summed E-state index contributed by atoms with van der Waals surface area (Å²) < 4.78 is 15.9. The van der Waals surface area contributed by atoms with E-state index in [0.717, 1.165) is 42.3 Å². The minimum Gasteiger partial charge on any atom is -0.387 e. The summed E-state index contributed by atoms with van der Waals surface area (Å²) in [4.78, 5) is 12.9. The highest BCUT2D eigenvalue weighted by Gasteiger charge is 2.28. The highest BCUT2D eigenvalue weighted by atomic mass is 19.1. The molecular weight excluding hydrogens is 395 g/mol. The minimum atomic E-state index is -1.57. The van der Waals surface area contributed by atoms with Crippen LogP contribution in [0.3, 0.4) is 0 Å². The Hall–Kier alpha value is -2.93. The summed E-state index contributed by atoms with van der Waals surface area (Å²) >= 11 is 0. The Kier molecular flexibility index (Phi) is 5.96. The van der Waals surface area contributed by atoms with Gasteiger partial charge in [-0.2, -0.15) is 5.10 Å². The van der Waals surface area contributed by atoms with E-state index in [2.05, 4.69) is 15.7 Å². The first-order valence-electron chi connectivity index (χ1n) is 10.8. The molecule has 6 nitrogen and oxygen atoms in total. The Balaban J connectivity index is 1.69. The third-order valence-corrected chi connectivity index (χ3v) is 5.90. The summed E-state index contributed by atoms with van der Waals surface area (Å²) in [5.74, 6) is -0.412. The van der Waals surface area contributed by atoms with Gasteiger partial charge in [0.05, 0.1) is 35.1 Å². The van der Waals surface area contributed by atoms with Gasteiger partial charge in [0.1, 0.15) is 6.17 Å². The highest BCUT2D eigenvalue weighted by molar-refractivity contribution is 6.03. The summed E-state index contributed by atoms with van der Waals surface area (Å²) in [6, 6.07) is 12.3. The average molecular weight is 425 g/mol. The van der Waals surface area contributed by atoms with Crippen LogP contribution >= 0.6 is 0 Å². The summed E-state index contributed by atoms with van der Waals surface area (Å²) in [6.07, 6.45) is 6.30. The molecule has 0 saturated heterocycles. The molecule has 164 valence electrons. The minimum absolute atomic E-state index is 0.271. The van der Waals surface area contributed by atoms with Crippen molar-refractivity contribution >= 4 is 17.1 Å². The predicted octanol–water partition coefficient (Wildman–Crippen LogP) is 4.19. The molecule has 1 aliphatic rings. The van der Waals surface area contributed by atoms with Crippen molar-refractivity contribution in [1.29, 1.82) is 0 Å². The van der Waals surface area contributed by atoms with E-state index in [4.69, 9.17) is 0 Å². The summed E-state index contributed by atoms with van der Waals surface area (Å²) in [6.45, 7) is 2.50. The first-order valence-corrected chi connectivity index (χ1v) is 10.8. The third-order valence-electron chi connectivity index (χ3n) is 5.90. The molecule has 1 aromatic carbocycles. The molecule has 0 unspecified atom stereocenters. The number of benzene rings is 1. The van der Waals surface area contributed by atoms with Crippen molar-refractivity contribution in [3.63, 3.8) is 0 Å². The van der Waals surface area contributed by atoms with Gasteiger partial charge in [-0.25, -0.2) is 8.91 Å². The Morgan fingerprint density at radius 3 is 2.65 bits per heavy atom. The smallest absolute Gasteiger partial charge is 0.255 e. The number of carbonyl (C=O) groups excluding carboxylic acids is 1. The molecule has 3 aromatic rings. The second-order valence-corrected chi connectivity index (χ2v) is 8.81. The average Bonchev–Trinajstić information content (AvgIpc) is 3.41. The van der Waals surface area contributed by atoms with Crippen molar-refractivity contribution in [2.45, 2.75) is 57.3 Å². The molecule has 7 heteroatoms. The van der Waals surface area contributed by atoms with E-state index in [1.807, 2.05) is 42.6 Å². The van der Waals surface area contributed by atoms with Crippen molar-refractivity contribution < 1.29 is 14.3 Å². The zero-order chi connectivity index (χ0) is 22.0. The van der Waals surface area contributed by atoms with Crippen molar-refractivity contribution in [3.8, 4) is 11.1 Å². The van der Waals surface area contributed by atoms with Crippen LogP contribution in [0.25, 0.3) is 16.6 Å². The van der Waals surface area contributed by atoms with E-state index < -0.39 is 17.7 Å². The van der Waals surface area contributed by atoms with E-state index in [1.54, 1.807) is 4.52 Å². The van der Waals surface area contributed by atoms with Crippen LogP contribution in [0.4, 0.5) is 10.1 Å². The molecule has 1 amide bonds. The maximum atomic E-state index is 14.2. The van der Waals surface area contributed by atoms with Crippen molar-refractivity contribution in [3.05, 3.63) is 54.4 Å². The number of halogens is 1. The molecule has 1 atom stereocenters. The number of amides is 1. The molecule has 0 spiro atoms. The number of hydrogen-bond acceptors (Lipinski definition) is 4. The van der Waals surface area contributed by atoms with Crippen LogP contribution in [0, 0.1) is 0 Å². The van der Waals surface area contributed by atoms with Gasteiger partial charge in [-0.1, -0.05) is 43.2 Å². The Morgan fingerprint density at radius 1 is 1.26 bits per heavy atom. The van der Waals surface area contributed by atoms with Crippen LogP contribution in [0.1, 0.15) is 49.9 Å². The SMILES string of the molecule is CC(C)(O)[C@H](F)CNC(=O)c1cnn2cc(-c3ccccc3)cc2c1NC1CCCC1. The fraction of sp³-hybridized carbons (Fsp3) is 0.417. The van der Waals surface area contributed by atoms with Gasteiger partial charge in [-0.3, -0.25) is 4.79 Å². The van der Waals surface area contributed by atoms with E-state index in [1.165, 1.54) is 20.0 Å². The normalized spacial score (nSPS) is 15.9. The van der Waals surface area contributed by atoms with Crippen LogP contribution < -0.4 is 10.6 Å². The fourth-order valence-corrected chi connectivity index (χ4v) is 3.97. The van der Waals surface area contributed by atoms with Gasteiger partial charge in [-0.15, -0.1) is 0 Å². The van der Waals surface area contributed by atoms with Crippen molar-refractivity contribution in [1.82, 2.24) is 14.9 Å². The van der Waals surface area contributed by atoms with Crippen LogP contribution in [-0.2, 0) is 0 Å². The summed E-state index contributed by atoms with van der Waals surface area (Å²) in [5, 5.41) is 20.4. The molecule has 31 heavy (non-hydrogen) atoms. The molecule has 3 N–H and O–H groups in total. The Bertz CT molecular complexity index is 1050. The van der Waals surface area contributed by atoms with Crippen molar-refractivity contribution in [2.24, 2.45) is 0 Å². The number of carbonyl (C=O) groups is 1. The lowest BCUT2D eigenvalue weighted by Crippen LogP contribution is -2.42. The topological polar surface area (TPSA) is 78.7 Å². The van der Waals surface area contributed by atoms with Gasteiger partial charge >= 0.3 is 0 Å². The molecular formula is C24H29FN4O2. The maximum absolute atomic E-state index is 14.2. The van der Waals surface area contributed by atoms with Gasteiger partial charge in [0.2, 0.25) is 0 Å². The number of alkyl halides is 1. The van der Waals surface area contributed by atoms with Gasteiger partial charge in [0.15, 0.2) is 0 Å². The number of aliphatic hydroxyl groups is 1. The molecule has 0 radical (unpaired) electrons. The molecule has 0 aliphatic heterocycles. The molecule has 1 aliphatic carbocycles. The molecule has 1 saturated carbocycles. The number of nitrogens with one attached hydrogen (secondary N) is 2. The second-order valence-electron chi connectivity index (χ2n) is 8.81. The third kappa shape index (κ3) is 4.71. The Labute approximate surface area is 181 Å². The van der Waals surface area contributed by atoms with Crippen LogP contribution in [0.5, 0.6) is 0 Å². The fourth-order valence-electron chi connectivity index (χ4n) is 3.97. The first kappa shape index (κ1) is 21.3. The monoisotopic (exact) mass is 424 g/mol. The zero-order valence-electron chi connectivity index (χ0n) is 17.9. The number of rotatable bonds is 7. The van der Waals surface area contributed by atoms with E-state index in [9.17, 15) is 14.3 Å². The van der Waals surface area contributed by atoms with E-state index in [-0.39, 0.29) is 12.6 Å². The lowest BCUT2D eigenvalue weighted by Gasteiger charge is -2.23. The van der Waals surface area contributed by atoms with Gasteiger partial charge in [0, 0.05) is 17.8 Å². The Morgan fingerprint density at radius 2 is 1.97 bits per heavy atom. The van der Waals surface area contributed by atoms with Gasteiger partial charge in [-0.05, 0) is 38.3 Å². The maximum Gasteiger partial charge on any atom is 0.255 e. The zero-order valence-corrected chi connectivity index (χ0v) is 17.9. The number of hydrogen-bond donors (Lipinski definition) is 3. The predicted molar refractivity (Wildman–Crippen MR) is 120 cm³/mol. The quantitative estimate of drug-likeness (QED) is 0.531. The number of anilines is 1. The molecule has 1 fully saturated rings. The second kappa shape index (κ2) is 8.67. The van der Waals surface area contributed by atoms with Crippen LogP contribution in [-0.4, -0.2) is 45.0 Å². The lowest BCUT2D eigenvalue weighted by atomic mass is 10.0. The highest BCUT2D eigenvalue weighted by Crippen LogP contribution is 2.31. The number of nitrogens with zero attached hydrogens (tertiary/aromatic N) is 2. The molecule has 2 heterocycles. The molecule has 2 aromatic heterocycles. The van der Waals surface area contributed by atoms with Crippen LogP contribution in [0.2, 0.25) is 0 Å². The van der Waals surface area contributed by atoms with Gasteiger partial charge < -0.3 is 15.7 Å².